The maximum Gasteiger partial charge on any atom is 0.342 e. The summed E-state index contributed by atoms with van der Waals surface area (Å²) in [5, 5.41) is 3.54. The summed E-state index contributed by atoms with van der Waals surface area (Å²) in [6, 6.07) is 7.45. The van der Waals surface area contributed by atoms with Gasteiger partial charge in [-0.1, -0.05) is 41.4 Å². The van der Waals surface area contributed by atoms with E-state index in [9.17, 15) is 9.59 Å². The second-order valence-electron chi connectivity index (χ2n) is 7.72. The van der Waals surface area contributed by atoms with E-state index in [1.807, 2.05) is 38.1 Å². The Morgan fingerprint density at radius 2 is 1.91 bits per heavy atom. The quantitative estimate of drug-likeness (QED) is 0.427. The van der Waals surface area contributed by atoms with E-state index in [2.05, 4.69) is 5.32 Å². The van der Waals surface area contributed by atoms with Crippen LogP contribution in [-0.4, -0.2) is 26.1 Å². The number of methoxy groups -OCH3 is 2. The number of carbonyl (C=O) groups is 2. The summed E-state index contributed by atoms with van der Waals surface area (Å²) in [6.07, 6.45) is 3.54. The number of hydrogen-bond acceptors (Lipinski definition) is 5. The highest BCUT2D eigenvalue weighted by Gasteiger charge is 2.32. The molecule has 0 radical (unpaired) electrons. The second kappa shape index (κ2) is 10.6. The van der Waals surface area contributed by atoms with E-state index in [0.717, 1.165) is 27.8 Å². The van der Waals surface area contributed by atoms with Crippen molar-refractivity contribution in [3.63, 3.8) is 0 Å². The van der Waals surface area contributed by atoms with E-state index in [4.69, 9.17) is 25.8 Å². The van der Waals surface area contributed by atoms with Crippen molar-refractivity contribution in [1.29, 1.82) is 0 Å². The Labute approximate surface area is 193 Å². The van der Waals surface area contributed by atoms with Gasteiger partial charge < -0.3 is 19.5 Å². The van der Waals surface area contributed by atoms with Gasteiger partial charge in [0, 0.05) is 29.1 Å². The highest BCUT2D eigenvalue weighted by atomic mass is 35.5. The molecule has 1 aliphatic rings. The first-order valence-electron chi connectivity index (χ1n) is 10.5. The number of rotatable bonds is 9. The predicted octanol–water partition coefficient (Wildman–Crippen LogP) is 4.92. The van der Waals surface area contributed by atoms with Gasteiger partial charge in [0.1, 0.15) is 23.7 Å². The van der Waals surface area contributed by atoms with Gasteiger partial charge in [0.25, 0.3) is 0 Å². The van der Waals surface area contributed by atoms with E-state index in [-0.39, 0.29) is 18.5 Å². The third-order valence-electron chi connectivity index (χ3n) is 5.67. The van der Waals surface area contributed by atoms with Crippen LogP contribution in [0, 0.1) is 6.92 Å². The zero-order valence-corrected chi connectivity index (χ0v) is 19.6. The van der Waals surface area contributed by atoms with Crippen molar-refractivity contribution in [2.75, 3.05) is 14.2 Å². The van der Waals surface area contributed by atoms with Gasteiger partial charge in [0.15, 0.2) is 0 Å². The lowest BCUT2D eigenvalue weighted by Gasteiger charge is -2.18. The lowest BCUT2D eigenvalue weighted by atomic mass is 9.94. The molecule has 0 aliphatic carbocycles. The van der Waals surface area contributed by atoms with Crippen molar-refractivity contribution < 1.29 is 23.8 Å². The third-order valence-corrected chi connectivity index (χ3v) is 6.03. The molecule has 0 spiro atoms. The third kappa shape index (κ3) is 5.07. The number of hydrogen-bond donors (Lipinski definition) is 1. The first-order chi connectivity index (χ1) is 15.4. The van der Waals surface area contributed by atoms with E-state index >= 15 is 0 Å². The van der Waals surface area contributed by atoms with Gasteiger partial charge >= 0.3 is 5.97 Å². The Bertz CT molecular complexity index is 1060. The Morgan fingerprint density at radius 3 is 2.59 bits per heavy atom. The molecule has 1 amide bonds. The first-order valence-corrected chi connectivity index (χ1v) is 10.8. The second-order valence-corrected chi connectivity index (χ2v) is 8.13. The van der Waals surface area contributed by atoms with Gasteiger partial charge in [-0.3, -0.25) is 4.79 Å². The van der Waals surface area contributed by atoms with Crippen LogP contribution < -0.4 is 14.8 Å². The summed E-state index contributed by atoms with van der Waals surface area (Å²) in [4.78, 5) is 24.5. The van der Waals surface area contributed by atoms with Crippen LogP contribution in [0.4, 0.5) is 0 Å². The molecule has 1 heterocycles. The summed E-state index contributed by atoms with van der Waals surface area (Å²) in [5.74, 6) is 0.774. The summed E-state index contributed by atoms with van der Waals surface area (Å²) in [6.45, 7) is 4.53. The van der Waals surface area contributed by atoms with E-state index in [1.165, 1.54) is 0 Å². The van der Waals surface area contributed by atoms with Crippen molar-refractivity contribution in [2.45, 2.75) is 46.3 Å². The van der Waals surface area contributed by atoms with Crippen LogP contribution in [-0.2, 0) is 29.1 Å². The van der Waals surface area contributed by atoms with Crippen LogP contribution in [0.2, 0.25) is 5.02 Å². The number of cyclic esters (lactones) is 1. The van der Waals surface area contributed by atoms with Crippen molar-refractivity contribution in [3.8, 4) is 11.5 Å². The summed E-state index contributed by atoms with van der Waals surface area (Å²) in [7, 11) is 3.15. The summed E-state index contributed by atoms with van der Waals surface area (Å²) in [5.41, 5.74) is 4.91. The molecule has 0 bridgehead atoms. The molecule has 1 aliphatic heterocycles. The highest BCUT2D eigenvalue weighted by molar-refractivity contribution is 6.31. The molecule has 0 atom stereocenters. The largest absolute Gasteiger partial charge is 0.496 e. The Morgan fingerprint density at radius 1 is 1.19 bits per heavy atom. The molecule has 7 heteroatoms. The van der Waals surface area contributed by atoms with Crippen molar-refractivity contribution in [1.82, 2.24) is 5.32 Å². The maximum atomic E-state index is 12.2. The summed E-state index contributed by atoms with van der Waals surface area (Å²) < 4.78 is 16.4. The minimum atomic E-state index is -0.375. The minimum Gasteiger partial charge on any atom is -0.496 e. The van der Waals surface area contributed by atoms with Gasteiger partial charge in [-0.05, 0) is 43.9 Å². The van der Waals surface area contributed by atoms with Crippen LogP contribution in [0.1, 0.15) is 52.4 Å². The molecule has 0 saturated heterocycles. The number of esters is 1. The molecule has 2 aromatic rings. The SMILES string of the molecule is COc1c(C)c2c(c(OC)c1CC=C(C)CCC(=O)NCc1ccccc1Cl)C(=O)OC2. The number of carbonyl (C=O) groups excluding carboxylic acids is 2. The molecule has 0 saturated carbocycles. The van der Waals surface area contributed by atoms with E-state index in [0.29, 0.717) is 47.9 Å². The highest BCUT2D eigenvalue weighted by Crippen LogP contribution is 2.42. The molecule has 170 valence electrons. The Kier molecular flexibility index (Phi) is 7.80. The number of nitrogens with one attached hydrogen (secondary N) is 1. The molecule has 1 N–H and O–H groups in total. The summed E-state index contributed by atoms with van der Waals surface area (Å²) >= 11 is 6.13. The van der Waals surface area contributed by atoms with Gasteiger partial charge in [-0.2, -0.15) is 0 Å². The predicted molar refractivity (Wildman–Crippen MR) is 123 cm³/mol. The van der Waals surface area contributed by atoms with Gasteiger partial charge in [-0.15, -0.1) is 0 Å². The number of allylic oxidation sites excluding steroid dienone is 2. The van der Waals surface area contributed by atoms with Crippen molar-refractivity contribution in [2.24, 2.45) is 0 Å². The topological polar surface area (TPSA) is 73.9 Å². The molecule has 0 unspecified atom stereocenters. The molecular weight excluding hydrogens is 430 g/mol. The van der Waals surface area contributed by atoms with Crippen LogP contribution in [0.15, 0.2) is 35.9 Å². The number of halogens is 1. The number of benzene rings is 2. The number of amides is 1. The lowest BCUT2D eigenvalue weighted by Crippen LogP contribution is -2.22. The molecule has 2 aromatic carbocycles. The first kappa shape index (κ1) is 23.7. The van der Waals surface area contributed by atoms with E-state index in [1.54, 1.807) is 20.3 Å². The zero-order chi connectivity index (χ0) is 23.3. The molecule has 6 nitrogen and oxygen atoms in total. The van der Waals surface area contributed by atoms with Gasteiger partial charge in [-0.25, -0.2) is 4.79 Å². The minimum absolute atomic E-state index is 0.0380. The van der Waals surface area contributed by atoms with Gasteiger partial charge in [0.05, 0.1) is 14.2 Å². The fraction of sp³-hybridized carbons (Fsp3) is 0.360. The normalized spacial score (nSPS) is 12.9. The maximum absolute atomic E-state index is 12.2. The van der Waals surface area contributed by atoms with Crippen molar-refractivity contribution in [3.05, 3.63) is 68.8 Å². The van der Waals surface area contributed by atoms with Crippen molar-refractivity contribution >= 4 is 23.5 Å². The van der Waals surface area contributed by atoms with Gasteiger partial charge in [0.2, 0.25) is 5.91 Å². The molecule has 0 fully saturated rings. The molecule has 32 heavy (non-hydrogen) atoms. The smallest absolute Gasteiger partial charge is 0.342 e. The zero-order valence-electron chi connectivity index (χ0n) is 18.8. The monoisotopic (exact) mass is 457 g/mol. The fourth-order valence-corrected chi connectivity index (χ4v) is 4.05. The molecule has 3 rings (SSSR count). The van der Waals surface area contributed by atoms with Crippen LogP contribution >= 0.6 is 11.6 Å². The number of fused-ring (bicyclic) bond motifs is 1. The molecule has 0 aromatic heterocycles. The van der Waals surface area contributed by atoms with Crippen LogP contribution in [0.25, 0.3) is 0 Å². The fourth-order valence-electron chi connectivity index (χ4n) is 3.85. The van der Waals surface area contributed by atoms with Crippen LogP contribution in [0.5, 0.6) is 11.5 Å². The molecular formula is C25H28ClNO5. The van der Waals surface area contributed by atoms with E-state index < -0.39 is 0 Å². The standard InChI is InChI=1S/C25H28ClNO5/c1-15(10-12-21(28)27-13-17-7-5-6-8-20(17)26)9-11-18-23(30-3)16(2)19-14-32-25(29)22(19)24(18)31-4/h5-9H,10-14H2,1-4H3,(H,27,28). The average molecular weight is 458 g/mol. The number of ether oxygens (including phenoxy) is 3. The Balaban J connectivity index is 1.66. The van der Waals surface area contributed by atoms with Crippen LogP contribution in [0.3, 0.4) is 0 Å². The Hall–Kier alpha value is -2.99. The average Bonchev–Trinajstić information content (AvgIpc) is 3.17. The lowest BCUT2D eigenvalue weighted by molar-refractivity contribution is -0.121.